The minimum atomic E-state index is 0.0738. The number of rotatable bonds is 3. The molecule has 0 aromatic heterocycles. The van der Waals surface area contributed by atoms with Gasteiger partial charge in [0, 0.05) is 13.1 Å². The van der Waals surface area contributed by atoms with Crippen LogP contribution in [0.4, 0.5) is 5.69 Å². The highest BCUT2D eigenvalue weighted by Gasteiger charge is 2.20. The first-order chi connectivity index (χ1) is 9.13. The third kappa shape index (κ3) is 3.09. The molecule has 1 unspecified atom stereocenters. The minimum Gasteiger partial charge on any atom is -0.496 e. The number of ether oxygens (including phenoxy) is 1. The number of anilines is 1. The number of nitrogens with zero attached hydrogens (tertiary/aromatic N) is 1. The molecule has 0 aliphatic carbocycles. The third-order valence-corrected chi connectivity index (χ3v) is 3.93. The highest BCUT2D eigenvalue weighted by atomic mass is 16.5. The number of carbonyl (C=O) groups is 1. The van der Waals surface area contributed by atoms with Crippen LogP contribution in [-0.2, 0) is 0 Å². The van der Waals surface area contributed by atoms with E-state index in [1.165, 1.54) is 19.3 Å². The van der Waals surface area contributed by atoms with Gasteiger partial charge in [-0.25, -0.2) is 0 Å². The maximum atomic E-state index is 11.9. The van der Waals surface area contributed by atoms with Gasteiger partial charge in [0.15, 0.2) is 5.78 Å². The zero-order chi connectivity index (χ0) is 13.8. The lowest BCUT2D eigenvalue weighted by Gasteiger charge is -2.25. The molecule has 19 heavy (non-hydrogen) atoms. The number of carbonyl (C=O) groups excluding carboxylic acids is 1. The van der Waals surface area contributed by atoms with Gasteiger partial charge < -0.3 is 9.64 Å². The maximum absolute atomic E-state index is 11.9. The Labute approximate surface area is 115 Å². The number of hydrogen-bond acceptors (Lipinski definition) is 3. The maximum Gasteiger partial charge on any atom is 0.165 e. The van der Waals surface area contributed by atoms with E-state index in [2.05, 4.69) is 11.8 Å². The molecule has 1 atom stereocenters. The highest BCUT2D eigenvalue weighted by Crippen LogP contribution is 2.31. The van der Waals surface area contributed by atoms with Gasteiger partial charge in [-0.2, -0.15) is 0 Å². The fourth-order valence-corrected chi connectivity index (χ4v) is 2.81. The van der Waals surface area contributed by atoms with Crippen molar-refractivity contribution in [2.45, 2.75) is 33.1 Å². The molecule has 1 aromatic carbocycles. The first-order valence-corrected chi connectivity index (χ1v) is 7.06. The summed E-state index contributed by atoms with van der Waals surface area (Å²) in [5.74, 6) is 1.53. The summed E-state index contributed by atoms with van der Waals surface area (Å²) in [6, 6.07) is 5.87. The van der Waals surface area contributed by atoms with Crippen LogP contribution in [0.25, 0.3) is 0 Å². The van der Waals surface area contributed by atoms with Crippen molar-refractivity contribution in [3.05, 3.63) is 23.8 Å². The molecule has 1 aromatic rings. The Kier molecular flexibility index (Phi) is 4.46. The number of hydrogen-bond donors (Lipinski definition) is 0. The lowest BCUT2D eigenvalue weighted by Crippen LogP contribution is -2.26. The van der Waals surface area contributed by atoms with Gasteiger partial charge in [-0.15, -0.1) is 0 Å². The second-order valence-electron chi connectivity index (χ2n) is 5.43. The standard InChI is InChI=1S/C16H23NO2/c1-12-6-5-10-17(11-9-12)14-7-4-8-15(19-3)16(14)13(2)18/h4,7-8,12H,5-6,9-11H2,1-3H3. The van der Waals surface area contributed by atoms with Crippen LogP contribution in [0, 0.1) is 5.92 Å². The number of Topliss-reactive ketones (excluding diaryl/α,β-unsaturated/α-hetero) is 1. The fraction of sp³-hybridized carbons (Fsp3) is 0.562. The van der Waals surface area contributed by atoms with E-state index in [9.17, 15) is 4.79 Å². The van der Waals surface area contributed by atoms with Crippen molar-refractivity contribution in [3.8, 4) is 5.75 Å². The zero-order valence-corrected chi connectivity index (χ0v) is 12.1. The molecule has 1 saturated heterocycles. The van der Waals surface area contributed by atoms with Crippen molar-refractivity contribution >= 4 is 11.5 Å². The van der Waals surface area contributed by atoms with E-state index in [4.69, 9.17) is 4.74 Å². The van der Waals surface area contributed by atoms with E-state index in [1.807, 2.05) is 18.2 Å². The summed E-state index contributed by atoms with van der Waals surface area (Å²) in [6.07, 6.45) is 3.65. The molecule has 1 aliphatic heterocycles. The molecule has 3 nitrogen and oxygen atoms in total. The van der Waals surface area contributed by atoms with Crippen LogP contribution in [0.15, 0.2) is 18.2 Å². The second kappa shape index (κ2) is 6.09. The van der Waals surface area contributed by atoms with Crippen molar-refractivity contribution in [2.24, 2.45) is 5.92 Å². The average molecular weight is 261 g/mol. The Morgan fingerprint density at radius 1 is 1.32 bits per heavy atom. The van der Waals surface area contributed by atoms with Gasteiger partial charge in [0.05, 0.1) is 18.4 Å². The van der Waals surface area contributed by atoms with Gasteiger partial charge >= 0.3 is 0 Å². The van der Waals surface area contributed by atoms with E-state index in [-0.39, 0.29) is 5.78 Å². The summed E-state index contributed by atoms with van der Waals surface area (Å²) in [6.45, 7) is 5.97. The smallest absolute Gasteiger partial charge is 0.165 e. The number of methoxy groups -OCH3 is 1. The minimum absolute atomic E-state index is 0.0738. The molecule has 1 heterocycles. The normalized spacial score (nSPS) is 19.9. The average Bonchev–Trinajstić information content (AvgIpc) is 2.62. The molecule has 0 radical (unpaired) electrons. The molecular weight excluding hydrogens is 238 g/mol. The highest BCUT2D eigenvalue weighted by molar-refractivity contribution is 6.02. The van der Waals surface area contributed by atoms with Gasteiger partial charge in [-0.3, -0.25) is 4.79 Å². The van der Waals surface area contributed by atoms with E-state index in [0.717, 1.165) is 30.3 Å². The van der Waals surface area contributed by atoms with Crippen LogP contribution in [-0.4, -0.2) is 26.0 Å². The molecule has 1 aliphatic rings. The first kappa shape index (κ1) is 13.9. The van der Waals surface area contributed by atoms with Crippen LogP contribution < -0.4 is 9.64 Å². The van der Waals surface area contributed by atoms with E-state index in [0.29, 0.717) is 5.75 Å². The monoisotopic (exact) mass is 261 g/mol. The first-order valence-electron chi connectivity index (χ1n) is 7.06. The Bertz CT molecular complexity index is 456. The third-order valence-electron chi connectivity index (χ3n) is 3.93. The Balaban J connectivity index is 2.35. The molecule has 2 rings (SSSR count). The van der Waals surface area contributed by atoms with Crippen molar-refractivity contribution in [2.75, 3.05) is 25.1 Å². The summed E-state index contributed by atoms with van der Waals surface area (Å²) in [5.41, 5.74) is 1.75. The zero-order valence-electron chi connectivity index (χ0n) is 12.1. The molecule has 0 amide bonds. The van der Waals surface area contributed by atoms with Crippen LogP contribution in [0.5, 0.6) is 5.75 Å². The number of ketones is 1. The van der Waals surface area contributed by atoms with Gasteiger partial charge in [0.1, 0.15) is 5.75 Å². The van der Waals surface area contributed by atoms with Gasteiger partial charge in [0.2, 0.25) is 0 Å². The second-order valence-corrected chi connectivity index (χ2v) is 5.43. The molecule has 0 N–H and O–H groups in total. The Hall–Kier alpha value is -1.51. The van der Waals surface area contributed by atoms with Crippen molar-refractivity contribution in [1.82, 2.24) is 0 Å². The van der Waals surface area contributed by atoms with Crippen LogP contribution in [0.1, 0.15) is 43.5 Å². The summed E-state index contributed by atoms with van der Waals surface area (Å²) < 4.78 is 5.34. The quantitative estimate of drug-likeness (QED) is 0.780. The predicted molar refractivity (Wildman–Crippen MR) is 78.2 cm³/mol. The van der Waals surface area contributed by atoms with Crippen LogP contribution in [0.3, 0.4) is 0 Å². The topological polar surface area (TPSA) is 29.5 Å². The van der Waals surface area contributed by atoms with Crippen molar-refractivity contribution in [1.29, 1.82) is 0 Å². The van der Waals surface area contributed by atoms with Gasteiger partial charge in [-0.05, 0) is 44.2 Å². The Morgan fingerprint density at radius 2 is 2.11 bits per heavy atom. The summed E-state index contributed by atoms with van der Waals surface area (Å²) in [5, 5.41) is 0. The van der Waals surface area contributed by atoms with Crippen molar-refractivity contribution < 1.29 is 9.53 Å². The SMILES string of the molecule is COc1cccc(N2CCCC(C)CC2)c1C(C)=O. The lowest BCUT2D eigenvalue weighted by molar-refractivity contribution is 0.101. The summed E-state index contributed by atoms with van der Waals surface area (Å²) in [4.78, 5) is 14.3. The van der Waals surface area contributed by atoms with Crippen LogP contribution in [0.2, 0.25) is 0 Å². The molecule has 1 fully saturated rings. The predicted octanol–water partition coefficient (Wildman–Crippen LogP) is 3.52. The lowest BCUT2D eigenvalue weighted by atomic mass is 10.0. The van der Waals surface area contributed by atoms with Crippen molar-refractivity contribution in [3.63, 3.8) is 0 Å². The summed E-state index contributed by atoms with van der Waals surface area (Å²) in [7, 11) is 1.62. The molecule has 0 saturated carbocycles. The van der Waals surface area contributed by atoms with Crippen LogP contribution >= 0.6 is 0 Å². The summed E-state index contributed by atoms with van der Waals surface area (Å²) >= 11 is 0. The molecule has 104 valence electrons. The fourth-order valence-electron chi connectivity index (χ4n) is 2.81. The molecule has 3 heteroatoms. The van der Waals surface area contributed by atoms with E-state index < -0.39 is 0 Å². The molecule has 0 spiro atoms. The molecular formula is C16H23NO2. The molecule has 0 bridgehead atoms. The van der Waals surface area contributed by atoms with E-state index >= 15 is 0 Å². The Morgan fingerprint density at radius 3 is 2.79 bits per heavy atom. The number of benzene rings is 1. The largest absolute Gasteiger partial charge is 0.496 e. The van der Waals surface area contributed by atoms with Gasteiger partial charge in [-0.1, -0.05) is 13.0 Å². The van der Waals surface area contributed by atoms with E-state index in [1.54, 1.807) is 14.0 Å². The van der Waals surface area contributed by atoms with Gasteiger partial charge in [0.25, 0.3) is 0 Å².